The number of anilines is 1. The standard InChI is InChI=1S/C21H19N5O2/c1-14(18-6-2-3-9-23-18)27-20-8-7-15(13-25-20)11-16-12-19(28-26-16)17-5-4-10-24-21(17)22/h2-10,12-14H,11H2,1H3,(H2,22,24). The fraction of sp³-hybridized carbons (Fsp3) is 0.143. The van der Waals surface area contributed by atoms with E-state index in [1.54, 1.807) is 18.6 Å². The van der Waals surface area contributed by atoms with Gasteiger partial charge < -0.3 is 15.0 Å². The number of aromatic nitrogens is 4. The van der Waals surface area contributed by atoms with Crippen molar-refractivity contribution in [2.24, 2.45) is 0 Å². The summed E-state index contributed by atoms with van der Waals surface area (Å²) < 4.78 is 11.3. The van der Waals surface area contributed by atoms with Crippen molar-refractivity contribution in [3.05, 3.63) is 84.1 Å². The lowest BCUT2D eigenvalue weighted by Gasteiger charge is -2.13. The van der Waals surface area contributed by atoms with Gasteiger partial charge in [-0.05, 0) is 36.8 Å². The molecule has 0 saturated carbocycles. The van der Waals surface area contributed by atoms with Gasteiger partial charge in [-0.25, -0.2) is 9.97 Å². The van der Waals surface area contributed by atoms with Crippen LogP contribution in [0.3, 0.4) is 0 Å². The monoisotopic (exact) mass is 373 g/mol. The van der Waals surface area contributed by atoms with Crippen molar-refractivity contribution in [3.63, 3.8) is 0 Å². The predicted octanol–water partition coefficient (Wildman–Crippen LogP) is 3.84. The van der Waals surface area contributed by atoms with Crippen molar-refractivity contribution in [1.82, 2.24) is 20.1 Å². The maximum Gasteiger partial charge on any atom is 0.213 e. The number of nitrogens with zero attached hydrogens (tertiary/aromatic N) is 4. The zero-order chi connectivity index (χ0) is 19.3. The third kappa shape index (κ3) is 3.98. The van der Waals surface area contributed by atoms with Crippen molar-refractivity contribution < 1.29 is 9.26 Å². The lowest BCUT2D eigenvalue weighted by Crippen LogP contribution is -2.06. The minimum atomic E-state index is -0.178. The molecule has 0 aliphatic carbocycles. The second-order valence-corrected chi connectivity index (χ2v) is 6.31. The highest BCUT2D eigenvalue weighted by Crippen LogP contribution is 2.25. The van der Waals surface area contributed by atoms with E-state index in [0.717, 1.165) is 22.5 Å². The molecule has 0 saturated heterocycles. The Hall–Kier alpha value is -3.74. The molecule has 0 aromatic carbocycles. The summed E-state index contributed by atoms with van der Waals surface area (Å²) in [5.41, 5.74) is 9.26. The molecule has 4 aromatic heterocycles. The Morgan fingerprint density at radius 3 is 2.68 bits per heavy atom. The van der Waals surface area contributed by atoms with E-state index in [1.165, 1.54) is 0 Å². The molecular weight excluding hydrogens is 354 g/mol. The molecule has 2 N–H and O–H groups in total. The first-order valence-corrected chi connectivity index (χ1v) is 8.88. The number of pyridine rings is 3. The van der Waals surface area contributed by atoms with Gasteiger partial charge in [0, 0.05) is 37.1 Å². The van der Waals surface area contributed by atoms with Gasteiger partial charge in [0.2, 0.25) is 5.88 Å². The van der Waals surface area contributed by atoms with Gasteiger partial charge in [-0.15, -0.1) is 0 Å². The van der Waals surface area contributed by atoms with Crippen LogP contribution in [0.25, 0.3) is 11.3 Å². The Balaban J connectivity index is 1.42. The average molecular weight is 373 g/mol. The fourth-order valence-corrected chi connectivity index (χ4v) is 2.80. The molecule has 1 unspecified atom stereocenters. The van der Waals surface area contributed by atoms with E-state index in [2.05, 4.69) is 20.1 Å². The Labute approximate surface area is 162 Å². The molecule has 0 amide bonds. The molecule has 1 atom stereocenters. The molecule has 0 aliphatic heterocycles. The molecule has 140 valence electrons. The summed E-state index contributed by atoms with van der Waals surface area (Å²) in [6.07, 6.45) is 5.57. The molecule has 7 heteroatoms. The summed E-state index contributed by atoms with van der Waals surface area (Å²) in [6, 6.07) is 15.1. The van der Waals surface area contributed by atoms with Gasteiger partial charge in [0.1, 0.15) is 11.9 Å². The van der Waals surface area contributed by atoms with Crippen LogP contribution in [-0.4, -0.2) is 20.1 Å². The van der Waals surface area contributed by atoms with Gasteiger partial charge in [-0.1, -0.05) is 17.3 Å². The smallest absolute Gasteiger partial charge is 0.213 e. The van der Waals surface area contributed by atoms with Crippen LogP contribution >= 0.6 is 0 Å². The van der Waals surface area contributed by atoms with E-state index in [4.69, 9.17) is 15.0 Å². The van der Waals surface area contributed by atoms with Gasteiger partial charge in [0.25, 0.3) is 0 Å². The molecule has 0 spiro atoms. The van der Waals surface area contributed by atoms with Gasteiger partial charge in [0.05, 0.1) is 17.0 Å². The van der Waals surface area contributed by atoms with Crippen LogP contribution in [0, 0.1) is 0 Å². The summed E-state index contributed by atoms with van der Waals surface area (Å²) in [6.45, 7) is 1.94. The summed E-state index contributed by atoms with van der Waals surface area (Å²) in [4.78, 5) is 12.7. The Kier molecular flexibility index (Phi) is 4.97. The lowest BCUT2D eigenvalue weighted by atomic mass is 10.1. The average Bonchev–Trinajstić information content (AvgIpc) is 3.18. The van der Waals surface area contributed by atoms with Crippen molar-refractivity contribution in [2.45, 2.75) is 19.4 Å². The highest BCUT2D eigenvalue weighted by Gasteiger charge is 2.12. The first kappa shape index (κ1) is 17.7. The third-order valence-electron chi connectivity index (χ3n) is 4.25. The predicted molar refractivity (Wildman–Crippen MR) is 104 cm³/mol. The fourth-order valence-electron chi connectivity index (χ4n) is 2.80. The van der Waals surface area contributed by atoms with E-state index >= 15 is 0 Å². The lowest BCUT2D eigenvalue weighted by molar-refractivity contribution is 0.212. The Bertz CT molecular complexity index is 1050. The highest BCUT2D eigenvalue weighted by atomic mass is 16.5. The third-order valence-corrected chi connectivity index (χ3v) is 4.25. The van der Waals surface area contributed by atoms with Crippen LogP contribution in [-0.2, 0) is 6.42 Å². The van der Waals surface area contributed by atoms with E-state index < -0.39 is 0 Å². The maximum atomic E-state index is 5.89. The van der Waals surface area contributed by atoms with Crippen molar-refractivity contribution in [1.29, 1.82) is 0 Å². The van der Waals surface area contributed by atoms with Crippen LogP contribution < -0.4 is 10.5 Å². The summed E-state index contributed by atoms with van der Waals surface area (Å²) in [5, 5.41) is 4.11. The summed E-state index contributed by atoms with van der Waals surface area (Å²) >= 11 is 0. The molecule has 0 aliphatic rings. The minimum absolute atomic E-state index is 0.178. The zero-order valence-corrected chi connectivity index (χ0v) is 15.3. The second-order valence-electron chi connectivity index (χ2n) is 6.31. The minimum Gasteiger partial charge on any atom is -0.468 e. The molecule has 4 aromatic rings. The first-order valence-electron chi connectivity index (χ1n) is 8.88. The number of hydrogen-bond donors (Lipinski definition) is 1. The van der Waals surface area contributed by atoms with Gasteiger partial charge in [-0.3, -0.25) is 4.98 Å². The van der Waals surface area contributed by atoms with Gasteiger partial charge in [-0.2, -0.15) is 0 Å². The van der Waals surface area contributed by atoms with Crippen molar-refractivity contribution in [3.8, 4) is 17.2 Å². The number of nitrogens with two attached hydrogens (primary N) is 1. The number of rotatable bonds is 6. The normalized spacial score (nSPS) is 11.9. The van der Waals surface area contributed by atoms with E-state index in [9.17, 15) is 0 Å². The number of hydrogen-bond acceptors (Lipinski definition) is 7. The van der Waals surface area contributed by atoms with Crippen LogP contribution in [0.1, 0.15) is 30.0 Å². The molecule has 0 bridgehead atoms. The zero-order valence-electron chi connectivity index (χ0n) is 15.3. The van der Waals surface area contributed by atoms with Crippen LogP contribution in [0.15, 0.2) is 71.6 Å². The van der Waals surface area contributed by atoms with Gasteiger partial charge in [0.15, 0.2) is 5.76 Å². The Morgan fingerprint density at radius 2 is 1.93 bits per heavy atom. The molecule has 28 heavy (non-hydrogen) atoms. The molecule has 0 radical (unpaired) electrons. The quantitative estimate of drug-likeness (QED) is 0.548. The highest BCUT2D eigenvalue weighted by molar-refractivity contribution is 5.69. The molecule has 7 nitrogen and oxygen atoms in total. The molecule has 0 fully saturated rings. The molecule has 4 rings (SSSR count). The SMILES string of the molecule is CC(Oc1ccc(Cc2cc(-c3cccnc3N)on2)cn1)c1ccccn1. The van der Waals surface area contributed by atoms with Crippen LogP contribution in [0.2, 0.25) is 0 Å². The maximum absolute atomic E-state index is 5.89. The van der Waals surface area contributed by atoms with Gasteiger partial charge >= 0.3 is 0 Å². The number of ether oxygens (including phenoxy) is 1. The van der Waals surface area contributed by atoms with Crippen LogP contribution in [0.4, 0.5) is 5.82 Å². The van der Waals surface area contributed by atoms with E-state index in [-0.39, 0.29) is 6.10 Å². The molecular formula is C21H19N5O2. The summed E-state index contributed by atoms with van der Waals surface area (Å²) in [7, 11) is 0. The molecule has 4 heterocycles. The van der Waals surface area contributed by atoms with Crippen molar-refractivity contribution in [2.75, 3.05) is 5.73 Å². The van der Waals surface area contributed by atoms with E-state index in [0.29, 0.717) is 23.9 Å². The van der Waals surface area contributed by atoms with Crippen LogP contribution in [0.5, 0.6) is 5.88 Å². The first-order chi connectivity index (χ1) is 13.7. The van der Waals surface area contributed by atoms with E-state index in [1.807, 2.05) is 55.5 Å². The topological polar surface area (TPSA) is 100.0 Å². The van der Waals surface area contributed by atoms with Crippen molar-refractivity contribution >= 4 is 5.82 Å². The summed E-state index contributed by atoms with van der Waals surface area (Å²) in [5.74, 6) is 1.55. The Morgan fingerprint density at radius 1 is 1.04 bits per heavy atom. The second kappa shape index (κ2) is 7.87. The number of nitrogen functional groups attached to an aromatic ring is 1. The largest absolute Gasteiger partial charge is 0.468 e.